The Balaban J connectivity index is 1.37. The molecule has 2 amide bonds. The predicted octanol–water partition coefficient (Wildman–Crippen LogP) is 3.60. The average molecular weight is 544 g/mol. The number of aryl methyl sites for hydroxylation is 1. The second kappa shape index (κ2) is 11.8. The fourth-order valence-electron chi connectivity index (χ4n) is 3.94. The molecule has 1 aliphatic rings. The Bertz CT molecular complexity index is 1300. The highest BCUT2D eigenvalue weighted by Gasteiger charge is 2.29. The summed E-state index contributed by atoms with van der Waals surface area (Å²) in [6.45, 7) is 3.99. The fraction of sp³-hybridized carbons (Fsp3) is 0.400. The third kappa shape index (κ3) is 5.96. The number of carbonyl (C=O) groups excluding carboxylic acids is 3. The number of thiophene rings is 1. The molecule has 0 spiro atoms. The molecular formula is C25H29N5O5S2. The van der Waals surface area contributed by atoms with Gasteiger partial charge in [0.05, 0.1) is 31.1 Å². The van der Waals surface area contributed by atoms with E-state index in [0.29, 0.717) is 32.9 Å². The molecule has 0 saturated carbocycles. The van der Waals surface area contributed by atoms with Gasteiger partial charge in [-0.2, -0.15) is 0 Å². The van der Waals surface area contributed by atoms with Gasteiger partial charge in [0.1, 0.15) is 10.8 Å². The van der Waals surface area contributed by atoms with Gasteiger partial charge in [0, 0.05) is 17.5 Å². The molecule has 2 aromatic heterocycles. The molecule has 1 atom stereocenters. The molecular weight excluding hydrogens is 514 g/mol. The van der Waals surface area contributed by atoms with E-state index in [1.807, 2.05) is 0 Å². The van der Waals surface area contributed by atoms with E-state index in [2.05, 4.69) is 20.8 Å². The van der Waals surface area contributed by atoms with Crippen molar-refractivity contribution in [3.05, 3.63) is 51.7 Å². The zero-order valence-corrected chi connectivity index (χ0v) is 22.8. The lowest BCUT2D eigenvalue weighted by Crippen LogP contribution is -2.25. The maximum Gasteiger partial charge on any atom is 0.341 e. The monoisotopic (exact) mass is 543 g/mol. The number of esters is 1. The van der Waals surface area contributed by atoms with E-state index >= 15 is 0 Å². The first-order valence-electron chi connectivity index (χ1n) is 11.9. The SMILES string of the molecule is CCOC(=O)c1c(NC(=O)[C@@H](C)Sc2nnc(CNC(=O)c3ccc(OC)cc3)n2C)sc2c1CCC2. The van der Waals surface area contributed by atoms with Gasteiger partial charge < -0.3 is 24.7 Å². The van der Waals surface area contributed by atoms with Gasteiger partial charge in [-0.1, -0.05) is 11.8 Å². The Morgan fingerprint density at radius 2 is 1.95 bits per heavy atom. The van der Waals surface area contributed by atoms with Crippen LogP contribution in [0.15, 0.2) is 29.4 Å². The minimum absolute atomic E-state index is 0.180. The largest absolute Gasteiger partial charge is 0.497 e. The van der Waals surface area contributed by atoms with Crippen LogP contribution in [-0.4, -0.2) is 51.5 Å². The molecule has 1 aliphatic carbocycles. The summed E-state index contributed by atoms with van der Waals surface area (Å²) in [7, 11) is 3.35. The van der Waals surface area contributed by atoms with Crippen LogP contribution in [0.2, 0.25) is 0 Å². The van der Waals surface area contributed by atoms with Crippen LogP contribution >= 0.6 is 23.1 Å². The molecule has 10 nitrogen and oxygen atoms in total. The molecule has 0 saturated heterocycles. The molecule has 0 fully saturated rings. The molecule has 0 bridgehead atoms. The van der Waals surface area contributed by atoms with Gasteiger partial charge in [-0.05, 0) is 62.9 Å². The van der Waals surface area contributed by atoms with Gasteiger partial charge in [-0.25, -0.2) is 4.79 Å². The average Bonchev–Trinajstić information content (AvgIpc) is 3.57. The summed E-state index contributed by atoms with van der Waals surface area (Å²) in [5.41, 5.74) is 1.98. The summed E-state index contributed by atoms with van der Waals surface area (Å²) in [4.78, 5) is 39.2. The number of methoxy groups -OCH3 is 1. The van der Waals surface area contributed by atoms with Crippen molar-refractivity contribution < 1.29 is 23.9 Å². The first kappa shape index (κ1) is 26.7. The second-order valence-electron chi connectivity index (χ2n) is 8.40. The quantitative estimate of drug-likeness (QED) is 0.294. The number of ether oxygens (including phenoxy) is 2. The molecule has 0 aliphatic heterocycles. The maximum atomic E-state index is 13.0. The van der Waals surface area contributed by atoms with Crippen LogP contribution in [0.4, 0.5) is 5.00 Å². The Hall–Kier alpha value is -3.38. The second-order valence-corrected chi connectivity index (χ2v) is 10.8. The van der Waals surface area contributed by atoms with Crippen molar-refractivity contribution in [3.8, 4) is 5.75 Å². The number of amides is 2. The van der Waals surface area contributed by atoms with Crippen molar-refractivity contribution in [2.75, 3.05) is 19.0 Å². The highest BCUT2D eigenvalue weighted by molar-refractivity contribution is 8.00. The number of rotatable bonds is 10. The van der Waals surface area contributed by atoms with Crippen molar-refractivity contribution in [1.29, 1.82) is 0 Å². The molecule has 2 N–H and O–H groups in total. The number of hydrogen-bond acceptors (Lipinski definition) is 9. The van der Waals surface area contributed by atoms with E-state index in [9.17, 15) is 14.4 Å². The Kier molecular flexibility index (Phi) is 8.49. The minimum atomic E-state index is -0.503. The first-order valence-corrected chi connectivity index (χ1v) is 13.6. The van der Waals surface area contributed by atoms with Gasteiger partial charge in [0.2, 0.25) is 5.91 Å². The summed E-state index contributed by atoms with van der Waals surface area (Å²) in [6.07, 6.45) is 2.73. The minimum Gasteiger partial charge on any atom is -0.497 e. The van der Waals surface area contributed by atoms with Gasteiger partial charge in [0.25, 0.3) is 5.91 Å². The zero-order valence-electron chi connectivity index (χ0n) is 21.1. The van der Waals surface area contributed by atoms with Gasteiger partial charge in [0.15, 0.2) is 11.0 Å². The van der Waals surface area contributed by atoms with Gasteiger partial charge in [-0.3, -0.25) is 9.59 Å². The topological polar surface area (TPSA) is 124 Å². The van der Waals surface area contributed by atoms with Crippen molar-refractivity contribution in [2.24, 2.45) is 7.05 Å². The molecule has 1 aromatic carbocycles. The third-order valence-corrected chi connectivity index (χ3v) is 8.31. The highest BCUT2D eigenvalue weighted by atomic mass is 32.2. The lowest BCUT2D eigenvalue weighted by Gasteiger charge is -2.12. The summed E-state index contributed by atoms with van der Waals surface area (Å²) >= 11 is 2.70. The van der Waals surface area contributed by atoms with E-state index in [1.54, 1.807) is 56.8 Å². The van der Waals surface area contributed by atoms with Crippen LogP contribution in [0.1, 0.15) is 57.2 Å². The number of aromatic nitrogens is 3. The standard InChI is InChI=1S/C25H29N5O5S2/c1-5-35-24(33)20-17-7-6-8-18(17)37-23(20)27-21(31)14(2)36-25-29-28-19(30(25)3)13-26-22(32)15-9-11-16(34-4)12-10-15/h9-12,14H,5-8,13H2,1-4H3,(H,26,32)(H,27,31)/t14-/m1/s1. The molecule has 196 valence electrons. The molecule has 2 heterocycles. The van der Waals surface area contributed by atoms with Crippen LogP contribution in [0.5, 0.6) is 5.75 Å². The van der Waals surface area contributed by atoms with Crippen molar-refractivity contribution in [3.63, 3.8) is 0 Å². The number of anilines is 1. The van der Waals surface area contributed by atoms with Gasteiger partial charge >= 0.3 is 5.97 Å². The lowest BCUT2D eigenvalue weighted by atomic mass is 10.1. The number of thioether (sulfide) groups is 1. The summed E-state index contributed by atoms with van der Waals surface area (Å²) in [6, 6.07) is 6.81. The molecule has 12 heteroatoms. The van der Waals surface area contributed by atoms with Gasteiger partial charge in [-0.15, -0.1) is 21.5 Å². The van der Waals surface area contributed by atoms with Crippen LogP contribution in [0.25, 0.3) is 0 Å². The van der Waals surface area contributed by atoms with E-state index in [-0.39, 0.29) is 25.0 Å². The van der Waals surface area contributed by atoms with Crippen LogP contribution in [0.3, 0.4) is 0 Å². The summed E-state index contributed by atoms with van der Waals surface area (Å²) < 4.78 is 12.1. The third-order valence-electron chi connectivity index (χ3n) is 5.97. The van der Waals surface area contributed by atoms with E-state index in [0.717, 1.165) is 29.7 Å². The maximum absolute atomic E-state index is 13.0. The molecule has 37 heavy (non-hydrogen) atoms. The predicted molar refractivity (Wildman–Crippen MR) is 141 cm³/mol. The van der Waals surface area contributed by atoms with Crippen LogP contribution in [-0.2, 0) is 36.0 Å². The summed E-state index contributed by atoms with van der Waals surface area (Å²) in [5, 5.41) is 14.7. The smallest absolute Gasteiger partial charge is 0.341 e. The number of fused-ring (bicyclic) bond motifs is 1. The zero-order chi connectivity index (χ0) is 26.5. The molecule has 3 aromatic rings. The van der Waals surface area contributed by atoms with Crippen LogP contribution in [0, 0.1) is 0 Å². The highest BCUT2D eigenvalue weighted by Crippen LogP contribution is 2.40. The fourth-order valence-corrected chi connectivity index (χ4v) is 6.06. The van der Waals surface area contributed by atoms with E-state index < -0.39 is 11.2 Å². The Morgan fingerprint density at radius 1 is 1.19 bits per heavy atom. The number of carbonyl (C=O) groups is 3. The normalized spacial score (nSPS) is 13.1. The van der Waals surface area contributed by atoms with E-state index in [4.69, 9.17) is 9.47 Å². The molecule has 0 unspecified atom stereocenters. The Morgan fingerprint density at radius 3 is 2.65 bits per heavy atom. The van der Waals surface area contributed by atoms with Crippen molar-refractivity contribution in [2.45, 2.75) is 50.1 Å². The number of nitrogens with one attached hydrogen (secondary N) is 2. The first-order chi connectivity index (χ1) is 17.8. The molecule has 4 rings (SSSR count). The van der Waals surface area contributed by atoms with Crippen LogP contribution < -0.4 is 15.4 Å². The number of benzene rings is 1. The number of hydrogen-bond donors (Lipinski definition) is 2. The van der Waals surface area contributed by atoms with Crippen molar-refractivity contribution in [1.82, 2.24) is 20.1 Å². The van der Waals surface area contributed by atoms with E-state index in [1.165, 1.54) is 23.1 Å². The molecule has 0 radical (unpaired) electrons. The number of nitrogens with zero attached hydrogens (tertiary/aromatic N) is 3. The van der Waals surface area contributed by atoms with Crippen molar-refractivity contribution >= 4 is 45.9 Å². The summed E-state index contributed by atoms with van der Waals surface area (Å²) in [5.74, 6) is 0.342. The lowest BCUT2D eigenvalue weighted by molar-refractivity contribution is -0.115. The Labute approximate surface area is 223 Å².